The van der Waals surface area contributed by atoms with E-state index in [1.54, 1.807) is 25.1 Å². The van der Waals surface area contributed by atoms with Crippen molar-refractivity contribution in [2.45, 2.75) is 19.6 Å². The highest BCUT2D eigenvalue weighted by atomic mass is 32.2. The molecule has 0 saturated carbocycles. The summed E-state index contributed by atoms with van der Waals surface area (Å²) in [5.74, 6) is -0.435. The molecule has 142 valence electrons. The largest absolute Gasteiger partial charge is 0.504 e. The Labute approximate surface area is 157 Å². The Balaban J connectivity index is 2.51. The minimum absolute atomic E-state index is 0.288. The maximum absolute atomic E-state index is 11.8. The molecule has 0 fully saturated rings. The van der Waals surface area contributed by atoms with E-state index in [2.05, 4.69) is 0 Å². The van der Waals surface area contributed by atoms with Crippen LogP contribution in [0.15, 0.2) is 36.4 Å². The van der Waals surface area contributed by atoms with Crippen LogP contribution >= 0.6 is 0 Å². The van der Waals surface area contributed by atoms with Crippen LogP contribution in [-0.4, -0.2) is 25.7 Å². The van der Waals surface area contributed by atoms with Crippen molar-refractivity contribution in [3.63, 3.8) is 0 Å². The van der Waals surface area contributed by atoms with Crippen LogP contribution in [0.2, 0.25) is 0 Å². The normalized spacial score (nSPS) is 11.7. The van der Waals surface area contributed by atoms with Crippen molar-refractivity contribution in [2.24, 2.45) is 5.14 Å². The summed E-state index contributed by atoms with van der Waals surface area (Å²) in [5.41, 5.74) is 2.67. The molecule has 27 heavy (non-hydrogen) atoms. The molecule has 0 heterocycles. The molecule has 0 atom stereocenters. The molecule has 3 aromatic carbocycles. The predicted molar refractivity (Wildman–Crippen MR) is 106 cm³/mol. The van der Waals surface area contributed by atoms with E-state index in [0.717, 1.165) is 5.56 Å². The van der Waals surface area contributed by atoms with E-state index in [4.69, 9.17) is 9.88 Å². The van der Waals surface area contributed by atoms with E-state index in [-0.39, 0.29) is 11.5 Å². The first-order valence-electron chi connectivity index (χ1n) is 8.25. The zero-order valence-corrected chi connectivity index (χ0v) is 16.1. The van der Waals surface area contributed by atoms with Crippen molar-refractivity contribution in [2.75, 3.05) is 7.11 Å². The average molecular weight is 387 g/mol. The summed E-state index contributed by atoms with van der Waals surface area (Å²) in [6.07, 6.45) is 0. The second-order valence-corrected chi connectivity index (χ2v) is 8.15. The smallest absolute Gasteiger partial charge is 0.213 e. The van der Waals surface area contributed by atoms with E-state index in [0.29, 0.717) is 38.8 Å². The minimum atomic E-state index is -3.82. The van der Waals surface area contributed by atoms with E-state index in [1.807, 2.05) is 19.1 Å². The van der Waals surface area contributed by atoms with Crippen LogP contribution in [0.25, 0.3) is 21.9 Å². The Bertz CT molecular complexity index is 1150. The Morgan fingerprint density at radius 3 is 2.37 bits per heavy atom. The van der Waals surface area contributed by atoms with E-state index in [1.165, 1.54) is 13.2 Å². The first kappa shape index (κ1) is 19.0. The number of ether oxygens (including phenoxy) is 1. The van der Waals surface area contributed by atoms with Crippen molar-refractivity contribution in [1.29, 1.82) is 0 Å². The highest BCUT2D eigenvalue weighted by molar-refractivity contribution is 7.88. The number of hydrogen-bond donors (Lipinski definition) is 3. The summed E-state index contributed by atoms with van der Waals surface area (Å²) in [5, 5.41) is 27.6. The van der Waals surface area contributed by atoms with E-state index < -0.39 is 15.8 Å². The number of phenolic OH excluding ortho intramolecular Hbond substituents is 2. The molecule has 0 aliphatic heterocycles. The van der Waals surface area contributed by atoms with Gasteiger partial charge in [0.2, 0.25) is 10.0 Å². The number of primary sulfonamides is 1. The summed E-state index contributed by atoms with van der Waals surface area (Å²) >= 11 is 0. The molecule has 0 radical (unpaired) electrons. The fourth-order valence-electron chi connectivity index (χ4n) is 3.62. The summed E-state index contributed by atoms with van der Waals surface area (Å²) in [6.45, 7) is 3.59. The van der Waals surface area contributed by atoms with Gasteiger partial charge in [0.15, 0.2) is 11.5 Å². The summed E-state index contributed by atoms with van der Waals surface area (Å²) in [7, 11) is -2.30. The van der Waals surface area contributed by atoms with Gasteiger partial charge in [-0.25, -0.2) is 13.6 Å². The number of fused-ring (bicyclic) bond motifs is 1. The highest BCUT2D eigenvalue weighted by Gasteiger charge is 2.23. The van der Waals surface area contributed by atoms with Gasteiger partial charge in [-0.2, -0.15) is 0 Å². The number of sulfonamides is 1. The summed E-state index contributed by atoms with van der Waals surface area (Å²) in [6, 6.07) is 10.4. The third-order valence-electron chi connectivity index (χ3n) is 4.60. The highest BCUT2D eigenvalue weighted by Crippen LogP contribution is 2.47. The summed E-state index contributed by atoms with van der Waals surface area (Å²) in [4.78, 5) is 0. The molecule has 0 aliphatic rings. The van der Waals surface area contributed by atoms with Crippen molar-refractivity contribution in [1.82, 2.24) is 0 Å². The molecule has 3 rings (SSSR count). The van der Waals surface area contributed by atoms with Crippen molar-refractivity contribution in [3.8, 4) is 28.4 Å². The van der Waals surface area contributed by atoms with Crippen molar-refractivity contribution < 1.29 is 23.4 Å². The van der Waals surface area contributed by atoms with Gasteiger partial charge in [0.05, 0.1) is 12.9 Å². The lowest BCUT2D eigenvalue weighted by Crippen LogP contribution is -2.16. The Morgan fingerprint density at radius 2 is 1.74 bits per heavy atom. The molecule has 0 unspecified atom stereocenters. The fourth-order valence-corrected chi connectivity index (χ4v) is 4.28. The lowest BCUT2D eigenvalue weighted by atomic mass is 9.88. The first-order valence-corrected chi connectivity index (χ1v) is 9.97. The van der Waals surface area contributed by atoms with Gasteiger partial charge in [-0.3, -0.25) is 0 Å². The average Bonchev–Trinajstić information content (AvgIpc) is 2.56. The molecule has 0 aromatic heterocycles. The molecular weight excluding hydrogens is 366 g/mol. The molecule has 7 heteroatoms. The molecule has 6 nitrogen and oxygen atoms in total. The molecule has 0 spiro atoms. The summed E-state index contributed by atoms with van der Waals surface area (Å²) < 4.78 is 29.1. The Kier molecular flexibility index (Phi) is 4.75. The van der Waals surface area contributed by atoms with Crippen LogP contribution in [0.4, 0.5) is 0 Å². The van der Waals surface area contributed by atoms with Gasteiger partial charge in [0.25, 0.3) is 0 Å². The SMILES string of the molecule is COc1c(C)cc(CS(N)(=O)=O)c(-c2c(O)c(O)cc3ccccc23)c1C. The molecule has 0 saturated heterocycles. The maximum atomic E-state index is 11.8. The molecular formula is C20H21NO5S. The Hall–Kier alpha value is -2.77. The quantitative estimate of drug-likeness (QED) is 0.595. The first-order chi connectivity index (χ1) is 12.6. The zero-order valence-electron chi connectivity index (χ0n) is 15.3. The number of phenols is 2. The topological polar surface area (TPSA) is 110 Å². The van der Waals surface area contributed by atoms with Crippen LogP contribution < -0.4 is 9.88 Å². The predicted octanol–water partition coefficient (Wildman–Crippen LogP) is 3.33. The minimum Gasteiger partial charge on any atom is -0.504 e. The third kappa shape index (κ3) is 3.43. The van der Waals surface area contributed by atoms with Gasteiger partial charge >= 0.3 is 0 Å². The van der Waals surface area contributed by atoms with Crippen LogP contribution in [0.5, 0.6) is 17.2 Å². The van der Waals surface area contributed by atoms with Gasteiger partial charge in [0.1, 0.15) is 5.75 Å². The van der Waals surface area contributed by atoms with Crippen LogP contribution in [0, 0.1) is 13.8 Å². The van der Waals surface area contributed by atoms with Gasteiger partial charge in [-0.05, 0) is 52.9 Å². The van der Waals surface area contributed by atoms with Gasteiger partial charge in [0, 0.05) is 5.56 Å². The number of benzene rings is 3. The zero-order chi connectivity index (χ0) is 19.9. The van der Waals surface area contributed by atoms with Crippen LogP contribution in [0.1, 0.15) is 16.7 Å². The lowest BCUT2D eigenvalue weighted by Gasteiger charge is -2.20. The maximum Gasteiger partial charge on any atom is 0.213 e. The number of aryl methyl sites for hydroxylation is 1. The van der Waals surface area contributed by atoms with Gasteiger partial charge in [-0.1, -0.05) is 30.3 Å². The molecule has 0 aliphatic carbocycles. The number of rotatable bonds is 4. The van der Waals surface area contributed by atoms with Crippen LogP contribution in [0.3, 0.4) is 0 Å². The third-order valence-corrected chi connectivity index (χ3v) is 5.31. The monoisotopic (exact) mass is 387 g/mol. The molecule has 4 N–H and O–H groups in total. The second kappa shape index (κ2) is 6.75. The Morgan fingerprint density at radius 1 is 1.07 bits per heavy atom. The van der Waals surface area contributed by atoms with Gasteiger partial charge in [-0.15, -0.1) is 0 Å². The standard InChI is InChI=1S/C20H21NO5S/c1-11-8-14(10-27(21,24)25)17(12(2)20(11)26-3)18-15-7-5-4-6-13(15)9-16(22)19(18)23/h4-9,22-23H,10H2,1-3H3,(H2,21,24,25). The molecule has 0 amide bonds. The molecule has 3 aromatic rings. The van der Waals surface area contributed by atoms with Crippen LogP contribution in [-0.2, 0) is 15.8 Å². The van der Waals surface area contributed by atoms with Crippen molar-refractivity contribution >= 4 is 20.8 Å². The van der Waals surface area contributed by atoms with E-state index >= 15 is 0 Å². The number of methoxy groups -OCH3 is 1. The number of aromatic hydroxyl groups is 2. The number of nitrogens with two attached hydrogens (primary N) is 1. The van der Waals surface area contributed by atoms with Crippen molar-refractivity contribution in [3.05, 3.63) is 53.1 Å². The fraction of sp³-hybridized carbons (Fsp3) is 0.200. The van der Waals surface area contributed by atoms with Gasteiger partial charge < -0.3 is 14.9 Å². The van der Waals surface area contributed by atoms with E-state index in [9.17, 15) is 18.6 Å². The molecule has 0 bridgehead atoms. The number of hydrogen-bond acceptors (Lipinski definition) is 5. The second-order valence-electron chi connectivity index (χ2n) is 6.53. The lowest BCUT2D eigenvalue weighted by molar-refractivity contribution is 0.405.